The van der Waals surface area contributed by atoms with Gasteiger partial charge in [0.05, 0.1) is 10.1 Å². The molecule has 1 rings (SSSR count). The van der Waals surface area contributed by atoms with Gasteiger partial charge in [-0.1, -0.05) is 5.92 Å². The van der Waals surface area contributed by atoms with Gasteiger partial charge in [0, 0.05) is 19.3 Å². The summed E-state index contributed by atoms with van der Waals surface area (Å²) >= 11 is 1.99. The molecular formula is C10H12IN3O. The number of hydrogen-bond donors (Lipinski definition) is 1. The van der Waals surface area contributed by atoms with Crippen LogP contribution in [0.25, 0.3) is 0 Å². The van der Waals surface area contributed by atoms with E-state index in [1.807, 2.05) is 29.5 Å². The van der Waals surface area contributed by atoms with Crippen molar-refractivity contribution in [2.45, 2.75) is 13.5 Å². The fraction of sp³-hybridized carbons (Fsp3) is 0.400. The lowest BCUT2D eigenvalue weighted by Crippen LogP contribution is -2.30. The number of nitrogens with one attached hydrogen (secondary N) is 1. The highest BCUT2D eigenvalue weighted by Gasteiger charge is 2.03. The molecule has 1 heterocycles. The van der Waals surface area contributed by atoms with Crippen LogP contribution in [-0.4, -0.2) is 22.6 Å². The third-order valence-electron chi connectivity index (χ3n) is 1.94. The zero-order chi connectivity index (χ0) is 11.3. The zero-order valence-electron chi connectivity index (χ0n) is 8.46. The Balaban J connectivity index is 2.73. The first-order valence-corrected chi connectivity index (χ1v) is 5.61. The maximum Gasteiger partial charge on any atom is 0.266 e. The molecule has 0 atom stereocenters. The first-order chi connectivity index (χ1) is 7.16. The van der Waals surface area contributed by atoms with E-state index in [1.165, 1.54) is 0 Å². The first-order valence-electron chi connectivity index (χ1n) is 4.53. The minimum absolute atomic E-state index is 0.00519. The van der Waals surface area contributed by atoms with Crippen molar-refractivity contribution in [1.82, 2.24) is 14.9 Å². The fourth-order valence-corrected chi connectivity index (χ4v) is 1.60. The molecule has 0 amide bonds. The minimum atomic E-state index is 0.00519. The van der Waals surface area contributed by atoms with Gasteiger partial charge in [0.15, 0.2) is 0 Å². The van der Waals surface area contributed by atoms with E-state index in [4.69, 9.17) is 6.42 Å². The molecule has 4 nitrogen and oxygen atoms in total. The second-order valence-corrected chi connectivity index (χ2v) is 4.15. The lowest BCUT2D eigenvalue weighted by molar-refractivity contribution is 0.585. The van der Waals surface area contributed by atoms with Crippen molar-refractivity contribution in [3.63, 3.8) is 0 Å². The van der Waals surface area contributed by atoms with E-state index in [0.717, 1.165) is 5.82 Å². The molecule has 0 unspecified atom stereocenters. The summed E-state index contributed by atoms with van der Waals surface area (Å²) in [5.41, 5.74) is 0.00519. The van der Waals surface area contributed by atoms with Crippen LogP contribution >= 0.6 is 22.6 Å². The van der Waals surface area contributed by atoms with Crippen LogP contribution in [-0.2, 0) is 6.54 Å². The Hall–Kier alpha value is -0.870. The molecule has 0 saturated heterocycles. The van der Waals surface area contributed by atoms with Crippen molar-refractivity contribution in [3.05, 3.63) is 25.9 Å². The number of rotatable bonds is 4. The van der Waals surface area contributed by atoms with Crippen LogP contribution in [0, 0.1) is 22.8 Å². The van der Waals surface area contributed by atoms with E-state index < -0.39 is 0 Å². The summed E-state index contributed by atoms with van der Waals surface area (Å²) in [7, 11) is 0. The second kappa shape index (κ2) is 5.88. The van der Waals surface area contributed by atoms with Gasteiger partial charge >= 0.3 is 0 Å². The number of aromatic nitrogens is 2. The predicted molar refractivity (Wildman–Crippen MR) is 67.7 cm³/mol. The van der Waals surface area contributed by atoms with Gasteiger partial charge < -0.3 is 5.32 Å². The van der Waals surface area contributed by atoms with Crippen LogP contribution in [0.2, 0.25) is 0 Å². The van der Waals surface area contributed by atoms with Gasteiger partial charge in [-0.2, -0.15) is 0 Å². The summed E-state index contributed by atoms with van der Waals surface area (Å²) in [6.07, 6.45) is 6.68. The highest BCUT2D eigenvalue weighted by Crippen LogP contribution is 1.96. The fourth-order valence-electron chi connectivity index (χ4n) is 1.17. The van der Waals surface area contributed by atoms with Crippen molar-refractivity contribution >= 4 is 22.6 Å². The monoisotopic (exact) mass is 317 g/mol. The van der Waals surface area contributed by atoms with Crippen LogP contribution in [0.3, 0.4) is 0 Å². The van der Waals surface area contributed by atoms with E-state index in [2.05, 4.69) is 16.2 Å². The Morgan fingerprint density at radius 3 is 3.13 bits per heavy atom. The van der Waals surface area contributed by atoms with Crippen LogP contribution in [0.1, 0.15) is 5.82 Å². The Kier molecular flexibility index (Phi) is 4.78. The first kappa shape index (κ1) is 12.2. The number of nitrogens with zero attached hydrogens (tertiary/aromatic N) is 2. The topological polar surface area (TPSA) is 46.9 Å². The molecule has 80 valence electrons. The van der Waals surface area contributed by atoms with Gasteiger partial charge in [0.1, 0.15) is 5.82 Å². The third kappa shape index (κ3) is 3.32. The van der Waals surface area contributed by atoms with Crippen LogP contribution in [0.15, 0.2) is 11.0 Å². The van der Waals surface area contributed by atoms with Gasteiger partial charge in [-0.05, 0) is 29.5 Å². The standard InChI is InChI=1S/C10H12IN3O/c1-3-4-12-5-6-14-8(2)13-7-9(11)10(14)15/h1,7,12H,4-6H2,2H3. The van der Waals surface area contributed by atoms with Gasteiger partial charge in [0.25, 0.3) is 5.56 Å². The maximum atomic E-state index is 11.7. The largest absolute Gasteiger partial charge is 0.304 e. The maximum absolute atomic E-state index is 11.7. The third-order valence-corrected chi connectivity index (χ3v) is 2.68. The Labute approximate surface area is 102 Å². The molecule has 0 aliphatic heterocycles. The van der Waals surface area contributed by atoms with Crippen molar-refractivity contribution in [2.75, 3.05) is 13.1 Å². The normalized spacial score (nSPS) is 9.93. The number of halogens is 1. The van der Waals surface area contributed by atoms with Crippen LogP contribution < -0.4 is 10.9 Å². The van der Waals surface area contributed by atoms with E-state index >= 15 is 0 Å². The number of hydrogen-bond acceptors (Lipinski definition) is 3. The van der Waals surface area contributed by atoms with Gasteiger partial charge in [0.2, 0.25) is 0 Å². The molecule has 0 aromatic carbocycles. The summed E-state index contributed by atoms with van der Waals surface area (Å²) < 4.78 is 2.28. The molecule has 0 spiro atoms. The second-order valence-electron chi connectivity index (χ2n) is 2.99. The highest BCUT2D eigenvalue weighted by atomic mass is 127. The quantitative estimate of drug-likeness (QED) is 0.496. The predicted octanol–water partition coefficient (Wildman–Crippen LogP) is 0.379. The van der Waals surface area contributed by atoms with Crippen LogP contribution in [0.4, 0.5) is 0 Å². The summed E-state index contributed by atoms with van der Waals surface area (Å²) in [5.74, 6) is 3.20. The number of aryl methyl sites for hydroxylation is 1. The van der Waals surface area contributed by atoms with Crippen molar-refractivity contribution in [3.8, 4) is 12.3 Å². The summed E-state index contributed by atoms with van der Waals surface area (Å²) in [6.45, 7) is 3.60. The average Bonchev–Trinajstić information content (AvgIpc) is 2.23. The van der Waals surface area contributed by atoms with Crippen molar-refractivity contribution < 1.29 is 0 Å². The van der Waals surface area contributed by atoms with E-state index in [0.29, 0.717) is 23.2 Å². The minimum Gasteiger partial charge on any atom is -0.304 e. The molecule has 0 bridgehead atoms. The van der Waals surface area contributed by atoms with Crippen molar-refractivity contribution in [1.29, 1.82) is 0 Å². The average molecular weight is 317 g/mol. The Bertz CT molecular complexity index is 433. The highest BCUT2D eigenvalue weighted by molar-refractivity contribution is 14.1. The van der Waals surface area contributed by atoms with Gasteiger partial charge in [-0.25, -0.2) is 4.98 Å². The van der Waals surface area contributed by atoms with Gasteiger partial charge in [-0.15, -0.1) is 6.42 Å². The van der Waals surface area contributed by atoms with Gasteiger partial charge in [-0.3, -0.25) is 9.36 Å². The molecular weight excluding hydrogens is 305 g/mol. The smallest absolute Gasteiger partial charge is 0.266 e. The Morgan fingerprint density at radius 2 is 2.47 bits per heavy atom. The molecule has 1 aromatic heterocycles. The molecule has 0 radical (unpaired) electrons. The Morgan fingerprint density at radius 1 is 1.73 bits per heavy atom. The SMILES string of the molecule is C#CCNCCn1c(C)ncc(I)c1=O. The van der Waals surface area contributed by atoms with E-state index in [-0.39, 0.29) is 5.56 Å². The summed E-state index contributed by atoms with van der Waals surface area (Å²) in [6, 6.07) is 0. The molecule has 5 heteroatoms. The molecule has 0 aliphatic carbocycles. The molecule has 15 heavy (non-hydrogen) atoms. The molecule has 1 aromatic rings. The summed E-state index contributed by atoms with van der Waals surface area (Å²) in [4.78, 5) is 15.8. The molecule has 0 fully saturated rings. The van der Waals surface area contributed by atoms with Crippen LogP contribution in [0.5, 0.6) is 0 Å². The van der Waals surface area contributed by atoms with Crippen molar-refractivity contribution in [2.24, 2.45) is 0 Å². The summed E-state index contributed by atoms with van der Waals surface area (Å²) in [5, 5.41) is 3.03. The molecule has 0 aliphatic rings. The van der Waals surface area contributed by atoms with E-state index in [9.17, 15) is 4.79 Å². The lowest BCUT2D eigenvalue weighted by Gasteiger charge is -2.08. The molecule has 0 saturated carbocycles. The molecule has 1 N–H and O–H groups in total. The van der Waals surface area contributed by atoms with E-state index in [1.54, 1.807) is 10.8 Å². The number of terminal acetylenes is 1. The lowest BCUT2D eigenvalue weighted by atomic mass is 10.5. The zero-order valence-corrected chi connectivity index (χ0v) is 10.6.